The van der Waals surface area contributed by atoms with Crippen LogP contribution in [0.3, 0.4) is 0 Å². The lowest BCUT2D eigenvalue weighted by molar-refractivity contribution is 0.0693. The molecule has 0 unspecified atom stereocenters. The summed E-state index contributed by atoms with van der Waals surface area (Å²) in [7, 11) is -1.09. The third kappa shape index (κ3) is 4.57. The van der Waals surface area contributed by atoms with Crippen molar-refractivity contribution in [3.05, 3.63) is 11.8 Å². The van der Waals surface area contributed by atoms with Crippen molar-refractivity contribution >= 4 is 19.9 Å². The molecule has 0 saturated heterocycles. The largest absolute Gasteiger partial charge is 0.477 e. The predicted octanol–water partition coefficient (Wildman–Crippen LogP) is 1.48. The summed E-state index contributed by atoms with van der Waals surface area (Å²) in [4.78, 5) is 10.7. The average Bonchev–Trinajstić information content (AvgIpc) is 2.53. The Hall–Kier alpha value is -1.34. The number of carbonyl (C=O) groups is 1. The van der Waals surface area contributed by atoms with Gasteiger partial charge in [-0.3, -0.25) is 0 Å². The van der Waals surface area contributed by atoms with Crippen LogP contribution in [0.2, 0.25) is 25.7 Å². The van der Waals surface area contributed by atoms with E-state index in [-0.39, 0.29) is 18.1 Å². The van der Waals surface area contributed by atoms with Crippen molar-refractivity contribution in [1.82, 2.24) is 9.78 Å². The van der Waals surface area contributed by atoms with Gasteiger partial charge in [-0.05, 0) is 6.04 Å². The second-order valence-corrected chi connectivity index (χ2v) is 10.7. The quantitative estimate of drug-likeness (QED) is 0.595. The topological polar surface area (TPSA) is 90.4 Å². The van der Waals surface area contributed by atoms with Gasteiger partial charge in [0.2, 0.25) is 0 Å². The van der Waals surface area contributed by atoms with E-state index in [4.69, 9.17) is 15.6 Å². The summed E-state index contributed by atoms with van der Waals surface area (Å²) < 4.78 is 6.84. The van der Waals surface area contributed by atoms with Crippen LogP contribution in [0.5, 0.6) is 0 Å². The van der Waals surface area contributed by atoms with E-state index in [0.717, 1.165) is 6.04 Å². The van der Waals surface area contributed by atoms with Gasteiger partial charge >= 0.3 is 5.97 Å². The van der Waals surface area contributed by atoms with Gasteiger partial charge in [-0.1, -0.05) is 19.6 Å². The molecular formula is C10H19N3O3Si. The van der Waals surface area contributed by atoms with Crippen LogP contribution in [0.25, 0.3) is 0 Å². The molecule has 0 spiro atoms. The second-order valence-electron chi connectivity index (χ2n) is 5.12. The van der Waals surface area contributed by atoms with E-state index >= 15 is 0 Å². The van der Waals surface area contributed by atoms with Crippen LogP contribution in [0.4, 0.5) is 5.82 Å². The third-order valence-corrected chi connectivity index (χ3v) is 3.94. The van der Waals surface area contributed by atoms with Crippen LogP contribution < -0.4 is 5.73 Å². The first-order valence-corrected chi connectivity index (χ1v) is 9.14. The predicted molar refractivity (Wildman–Crippen MR) is 67.7 cm³/mol. The Morgan fingerprint density at radius 2 is 2.24 bits per heavy atom. The summed E-state index contributed by atoms with van der Waals surface area (Å²) in [5.74, 6) is -1.05. The van der Waals surface area contributed by atoms with Gasteiger partial charge in [-0.2, -0.15) is 5.10 Å². The number of nitrogens with two attached hydrogens (primary N) is 1. The van der Waals surface area contributed by atoms with Gasteiger partial charge in [0.15, 0.2) is 5.82 Å². The summed E-state index contributed by atoms with van der Waals surface area (Å²) >= 11 is 0. The summed E-state index contributed by atoms with van der Waals surface area (Å²) in [5.41, 5.74) is 5.47. The summed E-state index contributed by atoms with van der Waals surface area (Å²) in [6.07, 6.45) is 1.38. The van der Waals surface area contributed by atoms with E-state index in [1.165, 1.54) is 10.9 Å². The van der Waals surface area contributed by atoms with E-state index in [0.29, 0.717) is 6.61 Å². The first-order valence-electron chi connectivity index (χ1n) is 5.43. The van der Waals surface area contributed by atoms with Crippen molar-refractivity contribution in [2.24, 2.45) is 0 Å². The summed E-state index contributed by atoms with van der Waals surface area (Å²) in [6, 6.07) is 1.07. The number of aromatic carboxylic acids is 1. The van der Waals surface area contributed by atoms with Gasteiger partial charge in [-0.25, -0.2) is 9.48 Å². The van der Waals surface area contributed by atoms with E-state index in [9.17, 15) is 4.79 Å². The molecule has 0 aliphatic carbocycles. The molecule has 0 aliphatic heterocycles. The van der Waals surface area contributed by atoms with Crippen LogP contribution in [0.1, 0.15) is 10.4 Å². The van der Waals surface area contributed by atoms with Crippen LogP contribution in [0, 0.1) is 0 Å². The van der Waals surface area contributed by atoms with E-state index in [1.54, 1.807) is 0 Å². The molecule has 0 atom stereocenters. The van der Waals surface area contributed by atoms with Gasteiger partial charge in [0.05, 0.1) is 0 Å². The molecule has 1 rings (SSSR count). The van der Waals surface area contributed by atoms with Crippen LogP contribution >= 0.6 is 0 Å². The molecule has 0 bridgehead atoms. The van der Waals surface area contributed by atoms with Gasteiger partial charge in [0.25, 0.3) is 0 Å². The zero-order chi connectivity index (χ0) is 13.1. The van der Waals surface area contributed by atoms with Crippen LogP contribution in [0.15, 0.2) is 6.20 Å². The molecule has 0 aliphatic rings. The van der Waals surface area contributed by atoms with Crippen molar-refractivity contribution in [2.45, 2.75) is 32.4 Å². The maximum atomic E-state index is 10.7. The number of nitrogens with zero attached hydrogens (tertiary/aromatic N) is 2. The van der Waals surface area contributed by atoms with Crippen molar-refractivity contribution in [3.8, 4) is 0 Å². The Kier molecular flexibility index (Phi) is 4.30. The lowest BCUT2D eigenvalue weighted by Gasteiger charge is -2.15. The summed E-state index contributed by atoms with van der Waals surface area (Å²) in [5, 5.41) is 12.7. The van der Waals surface area contributed by atoms with Gasteiger partial charge < -0.3 is 15.6 Å². The zero-order valence-corrected chi connectivity index (χ0v) is 11.4. The monoisotopic (exact) mass is 257 g/mol. The second kappa shape index (κ2) is 5.33. The number of carboxylic acid groups (broad SMARTS) is 1. The highest BCUT2D eigenvalue weighted by Crippen LogP contribution is 2.10. The molecule has 7 heteroatoms. The zero-order valence-electron chi connectivity index (χ0n) is 10.4. The third-order valence-electron chi connectivity index (χ3n) is 2.24. The minimum Gasteiger partial charge on any atom is -0.477 e. The van der Waals surface area contributed by atoms with Crippen molar-refractivity contribution < 1.29 is 14.6 Å². The first-order chi connectivity index (χ1) is 7.79. The van der Waals surface area contributed by atoms with Crippen LogP contribution in [-0.4, -0.2) is 35.5 Å². The number of rotatable bonds is 6. The molecule has 17 heavy (non-hydrogen) atoms. The molecule has 1 heterocycles. The Morgan fingerprint density at radius 1 is 1.59 bits per heavy atom. The fourth-order valence-corrected chi connectivity index (χ4v) is 1.96. The van der Waals surface area contributed by atoms with Crippen molar-refractivity contribution in [1.29, 1.82) is 0 Å². The van der Waals surface area contributed by atoms with Gasteiger partial charge in [-0.15, -0.1) is 0 Å². The standard InChI is InChI=1S/C10H19N3O3Si/c1-17(2,3)5-4-16-7-13-6-8(10(14)15)9(11)12-13/h6H,4-5,7H2,1-3H3,(H2,11,12)(H,14,15). The lowest BCUT2D eigenvalue weighted by Crippen LogP contribution is -2.22. The minimum atomic E-state index is -1.09. The van der Waals surface area contributed by atoms with E-state index < -0.39 is 14.0 Å². The molecule has 0 saturated carbocycles. The van der Waals surface area contributed by atoms with Gasteiger partial charge in [0, 0.05) is 20.9 Å². The minimum absolute atomic E-state index is 0.0128. The van der Waals surface area contributed by atoms with E-state index in [2.05, 4.69) is 24.7 Å². The maximum Gasteiger partial charge on any atom is 0.341 e. The fourth-order valence-electron chi connectivity index (χ4n) is 1.20. The molecule has 0 radical (unpaired) electrons. The molecule has 6 nitrogen and oxygen atoms in total. The molecule has 96 valence electrons. The fraction of sp³-hybridized carbons (Fsp3) is 0.600. The molecule has 0 amide bonds. The molecule has 0 aromatic carbocycles. The molecule has 3 N–H and O–H groups in total. The number of nitrogen functional groups attached to an aromatic ring is 1. The van der Waals surface area contributed by atoms with E-state index in [1.807, 2.05) is 0 Å². The molecular weight excluding hydrogens is 238 g/mol. The maximum absolute atomic E-state index is 10.7. The van der Waals surface area contributed by atoms with Crippen molar-refractivity contribution in [2.75, 3.05) is 12.3 Å². The molecule has 0 fully saturated rings. The number of hydrogen-bond acceptors (Lipinski definition) is 4. The highest BCUT2D eigenvalue weighted by molar-refractivity contribution is 6.76. The number of ether oxygens (including phenoxy) is 1. The normalized spacial score (nSPS) is 11.7. The smallest absolute Gasteiger partial charge is 0.341 e. The SMILES string of the molecule is C[Si](C)(C)CCOCn1cc(C(=O)O)c(N)n1. The van der Waals surface area contributed by atoms with Crippen LogP contribution in [-0.2, 0) is 11.5 Å². The Bertz CT molecular complexity index is 398. The summed E-state index contributed by atoms with van der Waals surface area (Å²) in [6.45, 7) is 7.71. The highest BCUT2D eigenvalue weighted by Gasteiger charge is 2.14. The molecule has 1 aromatic rings. The average molecular weight is 257 g/mol. The highest BCUT2D eigenvalue weighted by atomic mass is 28.3. The lowest BCUT2D eigenvalue weighted by atomic mass is 10.3. The number of hydrogen-bond donors (Lipinski definition) is 2. The first kappa shape index (κ1) is 13.7. The number of anilines is 1. The Labute approximate surface area is 101 Å². The Morgan fingerprint density at radius 3 is 2.71 bits per heavy atom. The molecule has 1 aromatic heterocycles. The van der Waals surface area contributed by atoms with Gasteiger partial charge in [0.1, 0.15) is 12.3 Å². The number of carboxylic acids is 1. The number of aromatic nitrogens is 2. The Balaban J connectivity index is 2.43. The van der Waals surface area contributed by atoms with Crippen molar-refractivity contribution in [3.63, 3.8) is 0 Å².